The highest BCUT2D eigenvalue weighted by Gasteiger charge is 2.20. The molecule has 0 bridgehead atoms. The van der Waals surface area contributed by atoms with E-state index in [1.165, 1.54) is 12.5 Å². The average Bonchev–Trinajstić information content (AvgIpc) is 3.04. The molecule has 7 nitrogen and oxygen atoms in total. The first kappa shape index (κ1) is 17.1. The van der Waals surface area contributed by atoms with Gasteiger partial charge in [-0.1, -0.05) is 11.6 Å². The normalized spacial score (nSPS) is 14.2. The maximum atomic E-state index is 12.3. The van der Waals surface area contributed by atoms with Gasteiger partial charge in [-0.2, -0.15) is 0 Å². The van der Waals surface area contributed by atoms with Crippen molar-refractivity contribution in [1.29, 1.82) is 0 Å². The fourth-order valence-electron chi connectivity index (χ4n) is 2.26. The van der Waals surface area contributed by atoms with E-state index in [9.17, 15) is 8.42 Å². The Morgan fingerprint density at radius 2 is 2.08 bits per heavy atom. The first-order valence-electron chi connectivity index (χ1n) is 7.48. The van der Waals surface area contributed by atoms with Gasteiger partial charge in [0.05, 0.1) is 11.3 Å². The van der Waals surface area contributed by atoms with E-state index >= 15 is 0 Å². The molecule has 0 saturated carbocycles. The molecule has 2 aromatic rings. The summed E-state index contributed by atoms with van der Waals surface area (Å²) in [5.74, 6) is 1.01. The second kappa shape index (κ2) is 6.62. The van der Waals surface area contributed by atoms with E-state index in [0.29, 0.717) is 35.3 Å². The molecule has 1 aromatic carbocycles. The number of hydrogen-bond acceptors (Lipinski definition) is 5. The van der Waals surface area contributed by atoms with Gasteiger partial charge in [0.1, 0.15) is 13.2 Å². The second-order valence-corrected chi connectivity index (χ2v) is 7.80. The minimum Gasteiger partial charge on any atom is -0.486 e. The van der Waals surface area contributed by atoms with Crippen molar-refractivity contribution in [1.82, 2.24) is 14.3 Å². The molecule has 1 aliphatic rings. The van der Waals surface area contributed by atoms with Crippen LogP contribution >= 0.6 is 11.6 Å². The number of ether oxygens (including phenoxy) is 2. The predicted molar refractivity (Wildman–Crippen MR) is 89.1 cm³/mol. The molecule has 3 rings (SSSR count). The van der Waals surface area contributed by atoms with Crippen molar-refractivity contribution in [2.45, 2.75) is 31.5 Å². The Bertz CT molecular complexity index is 848. The fourth-order valence-corrected chi connectivity index (χ4v) is 3.50. The van der Waals surface area contributed by atoms with Crippen molar-refractivity contribution in [3.05, 3.63) is 35.2 Å². The highest BCUT2D eigenvalue weighted by Crippen LogP contribution is 2.38. The van der Waals surface area contributed by atoms with Crippen LogP contribution in [0.15, 0.2) is 29.7 Å². The number of sulfonamides is 1. The van der Waals surface area contributed by atoms with Crippen LogP contribution in [0.5, 0.6) is 11.5 Å². The zero-order valence-corrected chi connectivity index (χ0v) is 14.9. The summed E-state index contributed by atoms with van der Waals surface area (Å²) in [5.41, 5.74) is 0.677. The highest BCUT2D eigenvalue weighted by atomic mass is 35.5. The lowest BCUT2D eigenvalue weighted by atomic mass is 10.2. The van der Waals surface area contributed by atoms with Crippen LogP contribution in [-0.2, 0) is 16.6 Å². The van der Waals surface area contributed by atoms with E-state index in [1.54, 1.807) is 16.7 Å². The van der Waals surface area contributed by atoms with Crippen molar-refractivity contribution in [3.8, 4) is 11.5 Å². The van der Waals surface area contributed by atoms with Crippen LogP contribution in [0.3, 0.4) is 0 Å². The van der Waals surface area contributed by atoms with Crippen LogP contribution in [0, 0.1) is 0 Å². The van der Waals surface area contributed by atoms with Crippen LogP contribution in [-0.4, -0.2) is 31.2 Å². The number of rotatable bonds is 5. The van der Waals surface area contributed by atoms with Gasteiger partial charge in [0.15, 0.2) is 16.5 Å². The van der Waals surface area contributed by atoms with E-state index < -0.39 is 10.0 Å². The van der Waals surface area contributed by atoms with Gasteiger partial charge < -0.3 is 14.0 Å². The molecule has 130 valence electrons. The van der Waals surface area contributed by atoms with Gasteiger partial charge in [-0.25, -0.2) is 18.1 Å². The van der Waals surface area contributed by atoms with Crippen molar-refractivity contribution >= 4 is 21.6 Å². The summed E-state index contributed by atoms with van der Waals surface area (Å²) in [7, 11) is -3.70. The first-order valence-corrected chi connectivity index (χ1v) is 9.34. The van der Waals surface area contributed by atoms with E-state index in [0.717, 1.165) is 0 Å². The second-order valence-electron chi connectivity index (χ2n) is 5.68. The number of nitrogens with one attached hydrogen (secondary N) is 1. The Morgan fingerprint density at radius 1 is 1.33 bits per heavy atom. The molecule has 0 unspecified atom stereocenters. The summed E-state index contributed by atoms with van der Waals surface area (Å²) < 4.78 is 39.9. The zero-order valence-electron chi connectivity index (χ0n) is 13.3. The lowest BCUT2D eigenvalue weighted by molar-refractivity contribution is 0.171. The number of fused-ring (bicyclic) bond motifs is 1. The fraction of sp³-hybridized carbons (Fsp3) is 0.400. The smallest absolute Gasteiger partial charge is 0.259 e. The predicted octanol–water partition coefficient (Wildman–Crippen LogP) is 2.37. The van der Waals surface area contributed by atoms with Crippen LogP contribution in [0.25, 0.3) is 0 Å². The van der Waals surface area contributed by atoms with Crippen LogP contribution < -0.4 is 14.2 Å². The third kappa shape index (κ3) is 3.50. The molecule has 24 heavy (non-hydrogen) atoms. The molecule has 0 radical (unpaired) electrons. The van der Waals surface area contributed by atoms with Crippen molar-refractivity contribution in [2.75, 3.05) is 13.2 Å². The number of nitrogens with zero attached hydrogens (tertiary/aromatic N) is 2. The van der Waals surface area contributed by atoms with Crippen molar-refractivity contribution in [3.63, 3.8) is 0 Å². The van der Waals surface area contributed by atoms with Gasteiger partial charge in [-0.15, -0.1) is 0 Å². The summed E-state index contributed by atoms with van der Waals surface area (Å²) in [4.78, 5) is 3.95. The molecule has 0 aliphatic carbocycles. The van der Waals surface area contributed by atoms with Gasteiger partial charge in [0.25, 0.3) is 10.0 Å². The van der Waals surface area contributed by atoms with E-state index in [2.05, 4.69) is 9.71 Å². The molecular formula is C15H18ClN3O4S. The van der Waals surface area contributed by atoms with Crippen LogP contribution in [0.1, 0.15) is 25.5 Å². The third-order valence-electron chi connectivity index (χ3n) is 3.57. The lowest BCUT2D eigenvalue weighted by Crippen LogP contribution is -2.24. The summed E-state index contributed by atoms with van der Waals surface area (Å²) in [6.07, 6.45) is 3.00. The quantitative estimate of drug-likeness (QED) is 0.872. The monoisotopic (exact) mass is 371 g/mol. The minimum absolute atomic E-state index is 0.0140. The number of aromatic nitrogens is 2. The molecule has 0 spiro atoms. The molecule has 2 heterocycles. The topological polar surface area (TPSA) is 82.5 Å². The van der Waals surface area contributed by atoms with E-state index in [4.69, 9.17) is 21.1 Å². The number of hydrogen-bond donors (Lipinski definition) is 1. The maximum Gasteiger partial charge on any atom is 0.259 e. The summed E-state index contributed by atoms with van der Waals surface area (Å²) in [6.45, 7) is 4.85. The van der Waals surface area contributed by atoms with Gasteiger partial charge in [-0.3, -0.25) is 0 Å². The van der Waals surface area contributed by atoms with E-state index in [-0.39, 0.29) is 17.6 Å². The summed E-state index contributed by atoms with van der Waals surface area (Å²) >= 11 is 6.15. The molecule has 0 fully saturated rings. The SMILES string of the molecule is CC(C)n1cnc(S(=O)(=O)NCc2cc(Cl)c3c(c2)OCCO3)c1. The standard InChI is InChI=1S/C15H18ClN3O4S/c1-10(2)19-8-14(17-9-19)24(20,21)18-7-11-5-12(16)15-13(6-11)22-3-4-23-15/h5-6,8-10,18H,3-4,7H2,1-2H3. The number of imidazole rings is 1. The summed E-state index contributed by atoms with van der Waals surface area (Å²) in [6, 6.07) is 3.51. The van der Waals surface area contributed by atoms with Gasteiger partial charge >= 0.3 is 0 Å². The Morgan fingerprint density at radius 3 is 2.79 bits per heavy atom. The Labute approximate surface area is 145 Å². The Hall–Kier alpha value is -1.77. The number of benzene rings is 1. The van der Waals surface area contributed by atoms with Gasteiger partial charge in [-0.05, 0) is 31.5 Å². The van der Waals surface area contributed by atoms with Crippen molar-refractivity contribution in [2.24, 2.45) is 0 Å². The molecule has 1 aromatic heterocycles. The van der Waals surface area contributed by atoms with Crippen molar-refractivity contribution < 1.29 is 17.9 Å². The van der Waals surface area contributed by atoms with Crippen LogP contribution in [0.4, 0.5) is 0 Å². The molecular weight excluding hydrogens is 354 g/mol. The third-order valence-corrected chi connectivity index (χ3v) is 5.14. The van der Waals surface area contributed by atoms with Gasteiger partial charge in [0, 0.05) is 18.8 Å². The zero-order chi connectivity index (χ0) is 17.3. The van der Waals surface area contributed by atoms with Gasteiger partial charge in [0.2, 0.25) is 0 Å². The molecule has 9 heteroatoms. The Balaban J connectivity index is 1.76. The van der Waals surface area contributed by atoms with Crippen LogP contribution in [0.2, 0.25) is 5.02 Å². The van der Waals surface area contributed by atoms with E-state index in [1.807, 2.05) is 13.8 Å². The maximum absolute atomic E-state index is 12.3. The molecule has 0 amide bonds. The highest BCUT2D eigenvalue weighted by molar-refractivity contribution is 7.89. The minimum atomic E-state index is -3.70. The molecule has 0 saturated heterocycles. The lowest BCUT2D eigenvalue weighted by Gasteiger charge is -2.20. The first-order chi connectivity index (χ1) is 11.4. The number of halogens is 1. The molecule has 0 atom stereocenters. The molecule has 1 N–H and O–H groups in total. The molecule has 1 aliphatic heterocycles. The summed E-state index contributed by atoms with van der Waals surface area (Å²) in [5, 5.41) is 0.380. The Kier molecular flexibility index (Phi) is 4.71. The average molecular weight is 372 g/mol. The largest absolute Gasteiger partial charge is 0.486 e.